The van der Waals surface area contributed by atoms with Crippen molar-refractivity contribution in [1.29, 1.82) is 0 Å². The number of imidazole rings is 1. The van der Waals surface area contributed by atoms with Crippen LogP contribution < -0.4 is 5.32 Å². The zero-order valence-corrected chi connectivity index (χ0v) is 15.3. The van der Waals surface area contributed by atoms with Gasteiger partial charge in [-0.1, -0.05) is 11.6 Å². The second kappa shape index (κ2) is 6.71. The van der Waals surface area contributed by atoms with Crippen molar-refractivity contribution < 1.29 is 4.39 Å². The molecule has 6 heteroatoms. The van der Waals surface area contributed by atoms with E-state index in [1.54, 1.807) is 12.1 Å². The van der Waals surface area contributed by atoms with E-state index in [0.29, 0.717) is 23.0 Å². The zero-order valence-electron chi connectivity index (χ0n) is 14.5. The molecule has 2 aromatic rings. The van der Waals surface area contributed by atoms with Crippen LogP contribution in [0.5, 0.6) is 0 Å². The topological polar surface area (TPSA) is 33.1 Å². The number of nitrogens with zero attached hydrogens (tertiary/aromatic N) is 3. The Hall–Kier alpha value is -1.43. The third-order valence-corrected chi connectivity index (χ3v) is 6.20. The van der Waals surface area contributed by atoms with Crippen LogP contribution in [0, 0.1) is 11.2 Å². The molecule has 1 atom stereocenters. The van der Waals surface area contributed by atoms with E-state index in [0.717, 1.165) is 31.0 Å². The van der Waals surface area contributed by atoms with Gasteiger partial charge in [-0.2, -0.15) is 0 Å². The normalized spacial score (nSPS) is 21.8. The van der Waals surface area contributed by atoms with E-state index in [9.17, 15) is 4.39 Å². The van der Waals surface area contributed by atoms with E-state index >= 15 is 0 Å². The molecule has 25 heavy (non-hydrogen) atoms. The van der Waals surface area contributed by atoms with Crippen LogP contribution in [0.3, 0.4) is 0 Å². The molecular weight excluding hydrogens is 339 g/mol. The first-order valence-electron chi connectivity index (χ1n) is 8.92. The van der Waals surface area contributed by atoms with Crippen molar-refractivity contribution in [2.45, 2.75) is 38.4 Å². The Balaban J connectivity index is 1.58. The van der Waals surface area contributed by atoms with Gasteiger partial charge in [-0.05, 0) is 61.5 Å². The molecule has 1 aromatic heterocycles. The SMILES string of the molecule is Cn1ccnc1CN(Cc1cc(F)ccc1Cl)C1CC12CCNCC2. The van der Waals surface area contributed by atoms with Gasteiger partial charge in [0.05, 0.1) is 6.54 Å². The molecule has 4 nitrogen and oxygen atoms in total. The van der Waals surface area contributed by atoms with Gasteiger partial charge in [-0.3, -0.25) is 4.90 Å². The van der Waals surface area contributed by atoms with Gasteiger partial charge in [-0.15, -0.1) is 0 Å². The third kappa shape index (κ3) is 3.46. The number of hydrogen-bond donors (Lipinski definition) is 1. The summed E-state index contributed by atoms with van der Waals surface area (Å²) in [6, 6.07) is 5.15. The molecule has 1 aliphatic carbocycles. The van der Waals surface area contributed by atoms with E-state index in [2.05, 4.69) is 19.8 Å². The fourth-order valence-corrected chi connectivity index (χ4v) is 4.37. The quantitative estimate of drug-likeness (QED) is 0.885. The van der Waals surface area contributed by atoms with Gasteiger partial charge in [0.1, 0.15) is 11.6 Å². The van der Waals surface area contributed by atoms with Gasteiger partial charge >= 0.3 is 0 Å². The van der Waals surface area contributed by atoms with Crippen LogP contribution in [0.15, 0.2) is 30.6 Å². The number of aryl methyl sites for hydroxylation is 1. The summed E-state index contributed by atoms with van der Waals surface area (Å²) in [5.41, 5.74) is 1.27. The average molecular weight is 363 g/mol. The van der Waals surface area contributed by atoms with E-state index in [-0.39, 0.29) is 5.82 Å². The smallest absolute Gasteiger partial charge is 0.123 e. The lowest BCUT2D eigenvalue weighted by molar-refractivity contribution is 0.182. The Morgan fingerprint density at radius 1 is 1.36 bits per heavy atom. The minimum absolute atomic E-state index is 0.233. The van der Waals surface area contributed by atoms with E-state index in [4.69, 9.17) is 11.6 Å². The number of rotatable bonds is 5. The standard InChI is InChI=1S/C19H24ClFN4/c1-24-9-8-23-18(24)13-25(12-14-10-15(21)2-3-16(14)20)17-11-19(17)4-6-22-7-5-19/h2-3,8-10,17,22H,4-7,11-13H2,1H3. The first kappa shape index (κ1) is 17.0. The maximum atomic E-state index is 13.7. The van der Waals surface area contributed by atoms with Crippen molar-refractivity contribution in [1.82, 2.24) is 19.8 Å². The summed E-state index contributed by atoms with van der Waals surface area (Å²) in [6.07, 6.45) is 7.44. The Morgan fingerprint density at radius 3 is 2.88 bits per heavy atom. The summed E-state index contributed by atoms with van der Waals surface area (Å²) in [5.74, 6) is 0.798. The summed E-state index contributed by atoms with van der Waals surface area (Å²) in [4.78, 5) is 6.92. The van der Waals surface area contributed by atoms with Crippen molar-refractivity contribution in [3.63, 3.8) is 0 Å². The number of nitrogens with one attached hydrogen (secondary N) is 1. The Morgan fingerprint density at radius 2 is 2.16 bits per heavy atom. The first-order chi connectivity index (χ1) is 12.1. The lowest BCUT2D eigenvalue weighted by Gasteiger charge is -2.29. The van der Waals surface area contributed by atoms with Gasteiger partial charge in [0.25, 0.3) is 0 Å². The van der Waals surface area contributed by atoms with Crippen molar-refractivity contribution >= 4 is 11.6 Å². The zero-order chi connectivity index (χ0) is 17.4. The number of benzene rings is 1. The average Bonchev–Trinajstić information content (AvgIpc) is 3.13. The highest BCUT2D eigenvalue weighted by Crippen LogP contribution is 2.56. The summed E-state index contributed by atoms with van der Waals surface area (Å²) in [7, 11) is 2.02. The van der Waals surface area contributed by atoms with Crippen LogP contribution in [-0.2, 0) is 20.1 Å². The second-order valence-electron chi connectivity index (χ2n) is 7.43. The predicted octanol–water partition coefficient (Wildman–Crippen LogP) is 3.36. The molecule has 1 saturated heterocycles. The van der Waals surface area contributed by atoms with Crippen molar-refractivity contribution in [3.05, 3.63) is 52.8 Å². The fourth-order valence-electron chi connectivity index (χ4n) is 4.19. The summed E-state index contributed by atoms with van der Waals surface area (Å²) in [6.45, 7) is 3.60. The molecule has 1 saturated carbocycles. The monoisotopic (exact) mass is 362 g/mol. The number of aromatic nitrogens is 2. The molecule has 1 aliphatic heterocycles. The molecule has 1 unspecified atom stereocenters. The van der Waals surface area contributed by atoms with Gasteiger partial charge in [0, 0.05) is 37.1 Å². The molecule has 0 bridgehead atoms. The molecular formula is C19H24ClFN4. The van der Waals surface area contributed by atoms with Crippen molar-refractivity contribution in [3.8, 4) is 0 Å². The molecule has 2 fully saturated rings. The van der Waals surface area contributed by atoms with Crippen LogP contribution in [0.25, 0.3) is 0 Å². The van der Waals surface area contributed by atoms with Gasteiger partial charge in [-0.25, -0.2) is 9.37 Å². The van der Waals surface area contributed by atoms with E-state index in [1.807, 2.05) is 19.4 Å². The van der Waals surface area contributed by atoms with Gasteiger partial charge < -0.3 is 9.88 Å². The second-order valence-corrected chi connectivity index (χ2v) is 7.83. The highest BCUT2D eigenvalue weighted by Gasteiger charge is 2.56. The Labute approximate surface area is 153 Å². The summed E-state index contributed by atoms with van der Waals surface area (Å²) < 4.78 is 15.8. The molecule has 2 aliphatic rings. The van der Waals surface area contributed by atoms with Crippen LogP contribution in [-0.4, -0.2) is 33.6 Å². The predicted molar refractivity (Wildman–Crippen MR) is 96.8 cm³/mol. The van der Waals surface area contributed by atoms with Gasteiger partial charge in [0.15, 0.2) is 0 Å². The fraction of sp³-hybridized carbons (Fsp3) is 0.526. The molecule has 1 spiro atoms. The lowest BCUT2D eigenvalue weighted by atomic mass is 9.93. The van der Waals surface area contributed by atoms with E-state index in [1.165, 1.54) is 25.3 Å². The molecule has 0 amide bonds. The van der Waals surface area contributed by atoms with Gasteiger partial charge in [0.2, 0.25) is 0 Å². The van der Waals surface area contributed by atoms with Crippen molar-refractivity contribution in [2.24, 2.45) is 12.5 Å². The Bertz CT molecular complexity index is 754. The minimum Gasteiger partial charge on any atom is -0.337 e. The van der Waals surface area contributed by atoms with Crippen LogP contribution in [0.1, 0.15) is 30.7 Å². The number of hydrogen-bond acceptors (Lipinski definition) is 3. The van der Waals surface area contributed by atoms with Crippen molar-refractivity contribution in [2.75, 3.05) is 13.1 Å². The van der Waals surface area contributed by atoms with E-state index < -0.39 is 0 Å². The largest absolute Gasteiger partial charge is 0.337 e. The Kier molecular flexibility index (Phi) is 4.56. The molecule has 2 heterocycles. The molecule has 4 rings (SSSR count). The minimum atomic E-state index is -0.233. The third-order valence-electron chi connectivity index (χ3n) is 5.83. The maximum Gasteiger partial charge on any atom is 0.123 e. The maximum absolute atomic E-state index is 13.7. The highest BCUT2D eigenvalue weighted by atomic mass is 35.5. The first-order valence-corrected chi connectivity index (χ1v) is 9.30. The van der Waals surface area contributed by atoms with Crippen LogP contribution >= 0.6 is 11.6 Å². The number of halogens is 2. The molecule has 0 radical (unpaired) electrons. The van der Waals surface area contributed by atoms with Crippen LogP contribution in [0.4, 0.5) is 4.39 Å². The summed E-state index contributed by atoms with van der Waals surface area (Å²) in [5, 5.41) is 4.09. The number of piperidine rings is 1. The highest BCUT2D eigenvalue weighted by molar-refractivity contribution is 6.31. The van der Waals surface area contributed by atoms with Crippen LogP contribution in [0.2, 0.25) is 5.02 Å². The molecule has 1 N–H and O–H groups in total. The lowest BCUT2D eigenvalue weighted by Crippen LogP contribution is -2.36. The molecule has 134 valence electrons. The summed E-state index contributed by atoms with van der Waals surface area (Å²) >= 11 is 6.33. The molecule has 1 aromatic carbocycles.